The van der Waals surface area contributed by atoms with Crippen molar-refractivity contribution in [2.45, 2.75) is 124 Å². The number of allylic oxidation sites excluding steroid dienone is 1. The molecule has 3 unspecified atom stereocenters. The highest BCUT2D eigenvalue weighted by atomic mass is 32.2. The van der Waals surface area contributed by atoms with Crippen LogP contribution in [0.3, 0.4) is 0 Å². The SMILES string of the molecule is CCC1(C(F)(F)F)CC1C1=C(CN2CCN(c3ccc(C(=O)NS(=O)(=O)c4ccc(NC(CCN5CCN(C(=O)CCCCCC=O)CC5)CSc5ccccc5)c(S(=O)(=O)C(F)(F)F)c4)cc3)CC2)CCC(C)(C)C1. The molecule has 3 aromatic carbocycles. The van der Waals surface area contributed by atoms with E-state index >= 15 is 0 Å². The van der Waals surface area contributed by atoms with Crippen LogP contribution in [0.25, 0.3) is 0 Å². The zero-order valence-corrected chi connectivity index (χ0v) is 45.8. The van der Waals surface area contributed by atoms with Crippen molar-refractivity contribution < 1.29 is 57.6 Å². The molecule has 0 radical (unpaired) electrons. The maximum absolute atomic E-state index is 14.4. The number of benzene rings is 3. The maximum atomic E-state index is 14.4. The first-order valence-corrected chi connectivity index (χ1v) is 30.1. The van der Waals surface area contributed by atoms with Crippen molar-refractivity contribution in [2.24, 2.45) is 16.7 Å². The van der Waals surface area contributed by atoms with Crippen LogP contribution in [-0.2, 0) is 29.4 Å². The van der Waals surface area contributed by atoms with Crippen molar-refractivity contribution in [3.63, 3.8) is 0 Å². The van der Waals surface area contributed by atoms with Gasteiger partial charge in [-0.2, -0.15) is 26.3 Å². The summed E-state index contributed by atoms with van der Waals surface area (Å²) in [6.07, 6.45) is 2.55. The maximum Gasteiger partial charge on any atom is 0.501 e. The molecule has 2 aliphatic heterocycles. The monoisotopic (exact) mass is 1120 g/mol. The lowest BCUT2D eigenvalue weighted by Crippen LogP contribution is -2.49. The molecule has 2 heterocycles. The second-order valence-electron chi connectivity index (χ2n) is 21.3. The summed E-state index contributed by atoms with van der Waals surface area (Å²) < 4.78 is 141. The van der Waals surface area contributed by atoms with Gasteiger partial charge in [0.15, 0.2) is 0 Å². The molecule has 0 aromatic heterocycles. The number of carbonyl (C=O) groups excluding carboxylic acids is 3. The van der Waals surface area contributed by atoms with E-state index in [0.717, 1.165) is 65.8 Å². The molecule has 2 aliphatic carbocycles. The molecule has 3 aromatic rings. The molecule has 0 bridgehead atoms. The number of halogens is 6. The minimum atomic E-state index is -6.15. The second-order valence-corrected chi connectivity index (χ2v) is 26.0. The normalized spacial score (nSPS) is 21.3. The van der Waals surface area contributed by atoms with Gasteiger partial charge >= 0.3 is 11.7 Å². The van der Waals surface area contributed by atoms with Crippen molar-refractivity contribution in [2.75, 3.05) is 81.4 Å². The molecule has 3 fully saturated rings. The first-order chi connectivity index (χ1) is 35.9. The van der Waals surface area contributed by atoms with Crippen LogP contribution in [0.1, 0.15) is 102 Å². The third-order valence-electron chi connectivity index (χ3n) is 15.6. The molecule has 418 valence electrons. The minimum absolute atomic E-state index is 0.0323. The molecule has 1 saturated carbocycles. The van der Waals surface area contributed by atoms with E-state index in [0.29, 0.717) is 104 Å². The van der Waals surface area contributed by atoms with E-state index < -0.39 is 70.3 Å². The Kier molecular flexibility index (Phi) is 19.1. The van der Waals surface area contributed by atoms with Gasteiger partial charge in [-0.1, -0.05) is 56.5 Å². The Morgan fingerprint density at radius 3 is 2.13 bits per heavy atom. The Balaban J connectivity index is 0.990. The summed E-state index contributed by atoms with van der Waals surface area (Å²) in [5, 5.41) is 2.98. The number of thioether (sulfide) groups is 1. The number of aldehydes is 1. The summed E-state index contributed by atoms with van der Waals surface area (Å²) in [5.41, 5.74) is -5.22. The highest BCUT2D eigenvalue weighted by molar-refractivity contribution is 7.99. The van der Waals surface area contributed by atoms with Crippen molar-refractivity contribution >= 4 is 61.1 Å². The molecule has 2 N–H and O–H groups in total. The number of anilines is 2. The molecule has 2 amide bonds. The number of piperazine rings is 2. The predicted octanol–water partition coefficient (Wildman–Crippen LogP) is 9.96. The molecule has 0 spiro atoms. The number of amides is 2. The molecule has 76 heavy (non-hydrogen) atoms. The Hall–Kier alpha value is -4.64. The van der Waals surface area contributed by atoms with Crippen LogP contribution >= 0.6 is 11.8 Å². The summed E-state index contributed by atoms with van der Waals surface area (Å²) in [6, 6.07) is 17.0. The number of rotatable bonds is 23. The van der Waals surface area contributed by atoms with Gasteiger partial charge in [-0.05, 0) is 117 Å². The molecule has 4 aliphatic rings. The van der Waals surface area contributed by atoms with E-state index in [9.17, 15) is 57.6 Å². The van der Waals surface area contributed by atoms with Crippen LogP contribution in [0.15, 0.2) is 98.6 Å². The second kappa shape index (κ2) is 24.6. The van der Waals surface area contributed by atoms with Crippen LogP contribution in [-0.4, -0.2) is 139 Å². The average Bonchev–Trinajstić information content (AvgIpc) is 4.15. The highest BCUT2D eigenvalue weighted by Crippen LogP contribution is 2.69. The topological polar surface area (TPSA) is 157 Å². The van der Waals surface area contributed by atoms with Crippen molar-refractivity contribution in [3.8, 4) is 0 Å². The van der Waals surface area contributed by atoms with E-state index in [1.165, 1.54) is 23.9 Å². The molecule has 3 atom stereocenters. The minimum Gasteiger partial charge on any atom is -0.380 e. The molecule has 13 nitrogen and oxygen atoms in total. The van der Waals surface area contributed by atoms with E-state index in [2.05, 4.69) is 33.9 Å². The summed E-state index contributed by atoms with van der Waals surface area (Å²) in [7, 11) is -11.1. The Morgan fingerprint density at radius 2 is 1.51 bits per heavy atom. The number of nitrogens with one attached hydrogen (secondary N) is 2. The zero-order chi connectivity index (χ0) is 55.1. The van der Waals surface area contributed by atoms with Gasteiger partial charge in [-0.15, -0.1) is 11.8 Å². The van der Waals surface area contributed by atoms with Gasteiger partial charge in [0.2, 0.25) is 5.91 Å². The van der Waals surface area contributed by atoms with Crippen molar-refractivity contribution in [1.82, 2.24) is 19.4 Å². The predicted molar refractivity (Wildman–Crippen MR) is 282 cm³/mol. The Morgan fingerprint density at radius 1 is 0.842 bits per heavy atom. The molecule has 7 rings (SSSR count). The van der Waals surface area contributed by atoms with Gasteiger partial charge in [-0.3, -0.25) is 19.4 Å². The first-order valence-electron chi connectivity index (χ1n) is 26.1. The highest BCUT2D eigenvalue weighted by Gasteiger charge is 2.70. The largest absolute Gasteiger partial charge is 0.501 e. The van der Waals surface area contributed by atoms with Crippen LogP contribution < -0.4 is 14.9 Å². The van der Waals surface area contributed by atoms with Crippen LogP contribution in [0, 0.1) is 16.7 Å². The number of carbonyl (C=O) groups is 3. The summed E-state index contributed by atoms with van der Waals surface area (Å²) >= 11 is 1.40. The van der Waals surface area contributed by atoms with Crippen LogP contribution in [0.4, 0.5) is 37.7 Å². The van der Waals surface area contributed by atoms with Gasteiger partial charge in [-0.25, -0.2) is 21.6 Å². The fraction of sp³-hybridized carbons (Fsp3) is 0.574. The van der Waals surface area contributed by atoms with Gasteiger partial charge in [0.25, 0.3) is 25.8 Å². The van der Waals surface area contributed by atoms with E-state index in [4.69, 9.17) is 0 Å². The fourth-order valence-electron chi connectivity index (χ4n) is 10.8. The third-order valence-corrected chi connectivity index (χ3v) is 19.6. The molecule has 2 saturated heterocycles. The van der Waals surface area contributed by atoms with Gasteiger partial charge in [0, 0.05) is 106 Å². The number of sulfone groups is 1. The van der Waals surface area contributed by atoms with Crippen LogP contribution in [0.5, 0.6) is 0 Å². The van der Waals surface area contributed by atoms with Crippen LogP contribution in [0.2, 0.25) is 0 Å². The van der Waals surface area contributed by atoms with Crippen molar-refractivity contribution in [1.29, 1.82) is 0 Å². The Bertz CT molecular complexity index is 2760. The van der Waals surface area contributed by atoms with Gasteiger partial charge in [0.1, 0.15) is 11.2 Å². The lowest BCUT2D eigenvalue weighted by atomic mass is 9.72. The van der Waals surface area contributed by atoms with E-state index in [1.807, 2.05) is 35.1 Å². The average molecular weight is 1130 g/mol. The molecule has 22 heteroatoms. The Labute approximate surface area is 447 Å². The standard InChI is InChI=1S/C54H70F6N6O7S3/c1-4-52(53(55,56)57)36-46(52)45-35-51(2,3)23-21-40(45)37-64-27-29-65(30-28-64)42-17-15-39(16-18-42)50(69)62-76(72,73)44-19-20-47(48(34-44)75(70,71)54(58,59)60)61-41(38-74-43-12-8-7-9-13-43)22-24-63-25-31-66(32-26-63)49(68)14-10-5-6-11-33-67/h7-9,12-13,15-20,33-34,41,46,61H,4-6,10-11,14,21-32,35-38H2,1-3H3,(H,62,69). The van der Waals surface area contributed by atoms with Gasteiger partial charge < -0.3 is 19.9 Å². The number of unbranched alkanes of at least 4 members (excludes halogenated alkanes) is 3. The smallest absolute Gasteiger partial charge is 0.380 e. The molecular formula is C54H70F6N6O7S3. The number of hydrogen-bond acceptors (Lipinski definition) is 12. The number of alkyl halides is 6. The third kappa shape index (κ3) is 14.5. The van der Waals surface area contributed by atoms with Gasteiger partial charge in [0.05, 0.1) is 16.0 Å². The lowest BCUT2D eigenvalue weighted by molar-refractivity contribution is -0.191. The van der Waals surface area contributed by atoms with Crippen molar-refractivity contribution in [3.05, 3.63) is 89.5 Å². The summed E-state index contributed by atoms with van der Waals surface area (Å²) in [5.74, 6) is -1.25. The fourth-order valence-corrected chi connectivity index (χ4v) is 13.8. The molecular weight excluding hydrogens is 1050 g/mol. The number of sulfonamides is 1. The lowest BCUT2D eigenvalue weighted by Gasteiger charge is -2.39. The zero-order valence-electron chi connectivity index (χ0n) is 43.4. The summed E-state index contributed by atoms with van der Waals surface area (Å²) in [6.45, 7) is 11.5. The van der Waals surface area contributed by atoms with E-state index in [-0.39, 0.29) is 35.5 Å². The quantitative estimate of drug-likeness (QED) is 0.0305. The number of hydrogen-bond donors (Lipinski definition) is 2. The first kappa shape index (κ1) is 59.0. The van der Waals surface area contributed by atoms with E-state index in [1.54, 1.807) is 24.0 Å². The number of nitrogens with zero attached hydrogens (tertiary/aromatic N) is 4. The summed E-state index contributed by atoms with van der Waals surface area (Å²) in [4.78, 5) is 43.7.